The van der Waals surface area contributed by atoms with Crippen LogP contribution in [0.2, 0.25) is 0 Å². The zero-order chi connectivity index (χ0) is 12.0. The molecule has 3 nitrogen and oxygen atoms in total. The molecule has 0 aliphatic heterocycles. The van der Waals surface area contributed by atoms with Crippen LogP contribution < -0.4 is 0 Å². The third-order valence-corrected chi connectivity index (χ3v) is 4.07. The lowest BCUT2D eigenvalue weighted by Gasteiger charge is -2.43. The first-order valence-electron chi connectivity index (χ1n) is 6.14. The smallest absolute Gasteiger partial charge is 0.314 e. The molecule has 0 heterocycles. The van der Waals surface area contributed by atoms with Crippen LogP contribution in [-0.4, -0.2) is 22.3 Å². The summed E-state index contributed by atoms with van der Waals surface area (Å²) < 4.78 is 0. The van der Waals surface area contributed by atoms with Crippen LogP contribution in [0, 0.1) is 0 Å². The number of aliphatic carboxylic acids is 1. The Morgan fingerprint density at radius 3 is 2.41 bits per heavy atom. The topological polar surface area (TPSA) is 57.5 Å². The molecule has 90 valence electrons. The maximum absolute atomic E-state index is 11.5. The fraction of sp³-hybridized carbons (Fsp3) is 0.500. The molecule has 2 saturated carbocycles. The molecule has 2 fully saturated rings. The number of hydrogen-bond donors (Lipinski definition) is 2. The van der Waals surface area contributed by atoms with E-state index in [1.807, 2.05) is 24.3 Å². The van der Waals surface area contributed by atoms with Gasteiger partial charge in [0.25, 0.3) is 0 Å². The van der Waals surface area contributed by atoms with Crippen molar-refractivity contribution in [3.8, 4) is 0 Å². The van der Waals surface area contributed by atoms with E-state index in [2.05, 4.69) is 0 Å². The molecule has 0 atom stereocenters. The van der Waals surface area contributed by atoms with Gasteiger partial charge in [0.1, 0.15) is 0 Å². The summed E-state index contributed by atoms with van der Waals surface area (Å²) in [5.41, 5.74) is 1.28. The Kier molecular flexibility index (Phi) is 2.26. The fourth-order valence-electron chi connectivity index (χ4n) is 2.94. The Balaban J connectivity index is 2.04. The SMILES string of the molecule is O=C(O)C1(c2ccccc2C2CC2)CC(O)C1. The summed E-state index contributed by atoms with van der Waals surface area (Å²) in [5, 5.41) is 18.9. The molecule has 0 bridgehead atoms. The average molecular weight is 232 g/mol. The van der Waals surface area contributed by atoms with E-state index < -0.39 is 17.5 Å². The minimum absolute atomic E-state index is 0.353. The molecule has 0 unspecified atom stereocenters. The first kappa shape index (κ1) is 10.8. The minimum atomic E-state index is -0.835. The summed E-state index contributed by atoms with van der Waals surface area (Å²) in [6.07, 6.45) is 2.57. The van der Waals surface area contributed by atoms with E-state index >= 15 is 0 Å². The second-order valence-electron chi connectivity index (χ2n) is 5.31. The predicted molar refractivity (Wildman–Crippen MR) is 63.0 cm³/mol. The highest BCUT2D eigenvalue weighted by Crippen LogP contribution is 2.50. The number of carboxylic acid groups (broad SMARTS) is 1. The van der Waals surface area contributed by atoms with E-state index in [9.17, 15) is 15.0 Å². The number of benzene rings is 1. The summed E-state index contributed by atoms with van der Waals surface area (Å²) >= 11 is 0. The molecule has 0 radical (unpaired) electrons. The summed E-state index contributed by atoms with van der Waals surface area (Å²) in [7, 11) is 0. The lowest BCUT2D eigenvalue weighted by atomic mass is 9.61. The Hall–Kier alpha value is -1.35. The van der Waals surface area contributed by atoms with Crippen LogP contribution in [0.1, 0.15) is 42.7 Å². The van der Waals surface area contributed by atoms with Gasteiger partial charge in [0.15, 0.2) is 0 Å². The zero-order valence-corrected chi connectivity index (χ0v) is 9.60. The second-order valence-corrected chi connectivity index (χ2v) is 5.31. The largest absolute Gasteiger partial charge is 0.481 e. The summed E-state index contributed by atoms with van der Waals surface area (Å²) in [6.45, 7) is 0. The van der Waals surface area contributed by atoms with E-state index in [0.29, 0.717) is 18.8 Å². The van der Waals surface area contributed by atoms with Gasteiger partial charge in [0.2, 0.25) is 0 Å². The van der Waals surface area contributed by atoms with E-state index in [-0.39, 0.29) is 0 Å². The number of aliphatic hydroxyl groups is 1. The van der Waals surface area contributed by atoms with E-state index in [4.69, 9.17) is 0 Å². The quantitative estimate of drug-likeness (QED) is 0.838. The highest BCUT2D eigenvalue weighted by molar-refractivity contribution is 5.83. The van der Waals surface area contributed by atoms with Gasteiger partial charge in [-0.2, -0.15) is 0 Å². The van der Waals surface area contributed by atoms with Crippen molar-refractivity contribution in [1.82, 2.24) is 0 Å². The molecule has 3 heteroatoms. The van der Waals surface area contributed by atoms with Crippen molar-refractivity contribution in [2.75, 3.05) is 0 Å². The number of hydrogen-bond acceptors (Lipinski definition) is 2. The number of carbonyl (C=O) groups is 1. The molecule has 0 aromatic heterocycles. The van der Waals surface area contributed by atoms with Crippen LogP contribution in [0.5, 0.6) is 0 Å². The maximum Gasteiger partial charge on any atom is 0.314 e. The fourth-order valence-corrected chi connectivity index (χ4v) is 2.94. The van der Waals surface area contributed by atoms with Crippen LogP contribution in [0.25, 0.3) is 0 Å². The molecular weight excluding hydrogens is 216 g/mol. The maximum atomic E-state index is 11.5. The zero-order valence-electron chi connectivity index (χ0n) is 9.60. The van der Waals surface area contributed by atoms with Crippen LogP contribution in [-0.2, 0) is 10.2 Å². The lowest BCUT2D eigenvalue weighted by molar-refractivity contribution is -0.153. The predicted octanol–water partition coefficient (Wildman–Crippen LogP) is 2.04. The highest BCUT2D eigenvalue weighted by Gasteiger charge is 2.52. The van der Waals surface area contributed by atoms with Gasteiger partial charge in [-0.1, -0.05) is 24.3 Å². The molecule has 0 spiro atoms. The second kappa shape index (κ2) is 3.57. The van der Waals surface area contributed by atoms with Gasteiger partial charge >= 0.3 is 5.97 Å². The van der Waals surface area contributed by atoms with Crippen LogP contribution in [0.3, 0.4) is 0 Å². The Bertz CT molecular complexity index is 456. The van der Waals surface area contributed by atoms with Crippen molar-refractivity contribution >= 4 is 5.97 Å². The van der Waals surface area contributed by atoms with Crippen LogP contribution in [0.15, 0.2) is 24.3 Å². The van der Waals surface area contributed by atoms with Crippen LogP contribution in [0.4, 0.5) is 0 Å². The van der Waals surface area contributed by atoms with E-state index in [0.717, 1.165) is 18.4 Å². The summed E-state index contributed by atoms with van der Waals surface area (Å²) in [5.74, 6) is -0.254. The number of rotatable bonds is 3. The van der Waals surface area contributed by atoms with Gasteiger partial charge in [-0.25, -0.2) is 0 Å². The molecule has 2 aliphatic rings. The highest BCUT2D eigenvalue weighted by atomic mass is 16.4. The Morgan fingerprint density at radius 1 is 1.24 bits per heavy atom. The average Bonchev–Trinajstić information content (AvgIpc) is 3.08. The van der Waals surface area contributed by atoms with E-state index in [1.54, 1.807) is 0 Å². The molecule has 2 aliphatic carbocycles. The molecule has 1 aromatic rings. The van der Waals surface area contributed by atoms with Gasteiger partial charge in [-0.3, -0.25) is 4.79 Å². The van der Waals surface area contributed by atoms with Crippen molar-refractivity contribution in [2.24, 2.45) is 0 Å². The Labute approximate surface area is 100 Å². The molecule has 2 N–H and O–H groups in total. The van der Waals surface area contributed by atoms with Crippen molar-refractivity contribution in [3.05, 3.63) is 35.4 Å². The molecule has 17 heavy (non-hydrogen) atoms. The Morgan fingerprint density at radius 2 is 1.88 bits per heavy atom. The van der Waals surface area contributed by atoms with Gasteiger partial charge < -0.3 is 10.2 Å². The third-order valence-electron chi connectivity index (χ3n) is 4.07. The van der Waals surface area contributed by atoms with Crippen molar-refractivity contribution in [1.29, 1.82) is 0 Å². The van der Waals surface area contributed by atoms with Gasteiger partial charge in [-0.05, 0) is 42.7 Å². The molecule has 0 amide bonds. The normalized spacial score (nSPS) is 31.9. The van der Waals surface area contributed by atoms with Crippen molar-refractivity contribution < 1.29 is 15.0 Å². The molecule has 1 aromatic carbocycles. The third kappa shape index (κ3) is 1.57. The summed E-state index contributed by atoms with van der Waals surface area (Å²) in [4.78, 5) is 11.5. The molecular formula is C14H16O3. The number of aliphatic hydroxyl groups excluding tert-OH is 1. The first-order chi connectivity index (χ1) is 8.13. The number of carboxylic acids is 1. The van der Waals surface area contributed by atoms with Crippen molar-refractivity contribution in [2.45, 2.75) is 43.1 Å². The first-order valence-corrected chi connectivity index (χ1v) is 6.14. The van der Waals surface area contributed by atoms with Gasteiger partial charge in [0, 0.05) is 0 Å². The lowest BCUT2D eigenvalue weighted by Crippen LogP contribution is -2.51. The molecule has 0 saturated heterocycles. The standard InChI is InChI=1S/C14H16O3/c15-10-7-14(8-10,13(16)17)12-4-2-1-3-11(12)9-5-6-9/h1-4,9-10,15H,5-8H2,(H,16,17). The monoisotopic (exact) mass is 232 g/mol. The van der Waals surface area contributed by atoms with Gasteiger partial charge in [-0.15, -0.1) is 0 Å². The summed E-state index contributed by atoms with van der Waals surface area (Å²) in [6, 6.07) is 7.84. The minimum Gasteiger partial charge on any atom is -0.481 e. The van der Waals surface area contributed by atoms with E-state index in [1.165, 1.54) is 5.56 Å². The van der Waals surface area contributed by atoms with Crippen molar-refractivity contribution in [3.63, 3.8) is 0 Å². The van der Waals surface area contributed by atoms with Gasteiger partial charge in [0.05, 0.1) is 11.5 Å². The van der Waals surface area contributed by atoms with Crippen LogP contribution >= 0.6 is 0 Å². The molecule has 3 rings (SSSR count).